The lowest BCUT2D eigenvalue weighted by Crippen LogP contribution is -2.33. The Labute approximate surface area is 108 Å². The summed E-state index contributed by atoms with van der Waals surface area (Å²) in [6.45, 7) is 2.20. The van der Waals surface area contributed by atoms with Crippen molar-refractivity contribution in [3.05, 3.63) is 24.5 Å². The maximum Gasteiger partial charge on any atom is 0.220 e. The Kier molecular flexibility index (Phi) is 4.18. The molecule has 98 valence electrons. The van der Waals surface area contributed by atoms with Gasteiger partial charge in [0, 0.05) is 30.0 Å². The fourth-order valence-corrected chi connectivity index (χ4v) is 2.73. The van der Waals surface area contributed by atoms with E-state index in [0.717, 1.165) is 31.4 Å². The van der Waals surface area contributed by atoms with Gasteiger partial charge in [0.1, 0.15) is 0 Å². The molecule has 0 aliphatic heterocycles. The molecule has 1 aliphatic carbocycles. The van der Waals surface area contributed by atoms with Crippen LogP contribution in [0.2, 0.25) is 0 Å². The molecule has 18 heavy (non-hydrogen) atoms. The van der Waals surface area contributed by atoms with Gasteiger partial charge in [0.2, 0.25) is 5.91 Å². The summed E-state index contributed by atoms with van der Waals surface area (Å²) in [5, 5.41) is 3.50. The predicted octanol–water partition coefficient (Wildman–Crippen LogP) is 2.17. The number of hydrogen-bond donors (Lipinski definition) is 2. The maximum atomic E-state index is 11.1. The summed E-state index contributed by atoms with van der Waals surface area (Å²) in [6.07, 6.45) is 7.60. The molecule has 0 saturated heterocycles. The number of nitrogens with one attached hydrogen (secondary N) is 1. The molecule has 2 rings (SSSR count). The van der Waals surface area contributed by atoms with Crippen molar-refractivity contribution in [1.29, 1.82) is 0 Å². The first-order valence-corrected chi connectivity index (χ1v) is 6.62. The second-order valence-electron chi connectivity index (χ2n) is 5.18. The standard InChI is InChI=1S/C14H21N3O/c1-10(17-13-6-8-16-9-7-13)11-2-4-12(5-3-11)14(15)18/h6-12H,2-5H2,1H3,(H2,15,18)(H,16,17). The van der Waals surface area contributed by atoms with E-state index in [2.05, 4.69) is 17.2 Å². The fourth-order valence-electron chi connectivity index (χ4n) is 2.73. The molecule has 0 radical (unpaired) electrons. The van der Waals surface area contributed by atoms with E-state index >= 15 is 0 Å². The lowest BCUT2D eigenvalue weighted by molar-refractivity contribution is -0.123. The van der Waals surface area contributed by atoms with E-state index in [1.807, 2.05) is 12.1 Å². The van der Waals surface area contributed by atoms with E-state index in [1.165, 1.54) is 0 Å². The van der Waals surface area contributed by atoms with Crippen LogP contribution in [-0.4, -0.2) is 16.9 Å². The number of nitrogens with two attached hydrogens (primary N) is 1. The summed E-state index contributed by atoms with van der Waals surface area (Å²) in [5.74, 6) is 0.575. The molecule has 0 bridgehead atoms. The minimum atomic E-state index is -0.136. The molecule has 1 aromatic heterocycles. The van der Waals surface area contributed by atoms with Gasteiger partial charge in [-0.1, -0.05) is 0 Å². The molecule has 4 nitrogen and oxygen atoms in total. The molecule has 3 N–H and O–H groups in total. The molecule has 1 unspecified atom stereocenters. The third-order valence-electron chi connectivity index (χ3n) is 3.96. The van der Waals surface area contributed by atoms with Crippen molar-refractivity contribution in [1.82, 2.24) is 4.98 Å². The number of hydrogen-bond acceptors (Lipinski definition) is 3. The van der Waals surface area contributed by atoms with Crippen LogP contribution < -0.4 is 11.1 Å². The topological polar surface area (TPSA) is 68.0 Å². The minimum Gasteiger partial charge on any atom is -0.382 e. The first-order valence-electron chi connectivity index (χ1n) is 6.62. The van der Waals surface area contributed by atoms with Gasteiger partial charge in [-0.25, -0.2) is 0 Å². The molecule has 1 fully saturated rings. The Morgan fingerprint density at radius 1 is 1.33 bits per heavy atom. The summed E-state index contributed by atoms with van der Waals surface area (Å²) in [4.78, 5) is 15.1. The zero-order valence-electron chi connectivity index (χ0n) is 10.8. The molecule has 1 saturated carbocycles. The highest BCUT2D eigenvalue weighted by Crippen LogP contribution is 2.31. The van der Waals surface area contributed by atoms with E-state index < -0.39 is 0 Å². The van der Waals surface area contributed by atoms with Gasteiger partial charge < -0.3 is 11.1 Å². The minimum absolute atomic E-state index is 0.0920. The molecule has 1 heterocycles. The monoisotopic (exact) mass is 247 g/mol. The highest BCUT2D eigenvalue weighted by Gasteiger charge is 2.27. The number of primary amides is 1. The van der Waals surface area contributed by atoms with Gasteiger partial charge in [-0.15, -0.1) is 0 Å². The van der Waals surface area contributed by atoms with Crippen molar-refractivity contribution in [2.75, 3.05) is 5.32 Å². The smallest absolute Gasteiger partial charge is 0.220 e. The van der Waals surface area contributed by atoms with Crippen molar-refractivity contribution in [2.45, 2.75) is 38.6 Å². The van der Waals surface area contributed by atoms with E-state index in [-0.39, 0.29) is 11.8 Å². The summed E-state index contributed by atoms with van der Waals surface area (Å²) >= 11 is 0. The number of anilines is 1. The van der Waals surface area contributed by atoms with Crippen LogP contribution in [0.3, 0.4) is 0 Å². The van der Waals surface area contributed by atoms with Crippen LogP contribution in [0.25, 0.3) is 0 Å². The molecule has 1 amide bonds. The van der Waals surface area contributed by atoms with E-state index in [0.29, 0.717) is 12.0 Å². The van der Waals surface area contributed by atoms with Crippen molar-refractivity contribution in [2.24, 2.45) is 17.6 Å². The van der Waals surface area contributed by atoms with Crippen LogP contribution in [0.5, 0.6) is 0 Å². The normalized spacial score (nSPS) is 25.4. The van der Waals surface area contributed by atoms with E-state index in [9.17, 15) is 4.79 Å². The summed E-state index contributed by atoms with van der Waals surface area (Å²) in [6, 6.07) is 4.37. The van der Waals surface area contributed by atoms with Crippen molar-refractivity contribution < 1.29 is 4.79 Å². The largest absolute Gasteiger partial charge is 0.382 e. The number of pyridine rings is 1. The van der Waals surface area contributed by atoms with Crippen molar-refractivity contribution in [3.63, 3.8) is 0 Å². The number of rotatable bonds is 4. The highest BCUT2D eigenvalue weighted by atomic mass is 16.1. The van der Waals surface area contributed by atoms with Crippen LogP contribution in [0, 0.1) is 11.8 Å². The van der Waals surface area contributed by atoms with Gasteiger partial charge in [0.25, 0.3) is 0 Å². The Hall–Kier alpha value is -1.58. The van der Waals surface area contributed by atoms with Gasteiger partial charge in [-0.05, 0) is 50.7 Å². The maximum absolute atomic E-state index is 11.1. The molecule has 0 spiro atoms. The molecular formula is C14H21N3O. The fraction of sp³-hybridized carbons (Fsp3) is 0.571. The lowest BCUT2D eigenvalue weighted by Gasteiger charge is -2.31. The Bertz CT molecular complexity index is 385. The first kappa shape index (κ1) is 12.9. The third-order valence-corrected chi connectivity index (χ3v) is 3.96. The highest BCUT2D eigenvalue weighted by molar-refractivity contribution is 5.76. The van der Waals surface area contributed by atoms with Crippen molar-refractivity contribution >= 4 is 11.6 Å². The Morgan fingerprint density at radius 3 is 2.50 bits per heavy atom. The number of carbonyl (C=O) groups is 1. The Balaban J connectivity index is 1.84. The Morgan fingerprint density at radius 2 is 1.94 bits per heavy atom. The number of amides is 1. The van der Waals surface area contributed by atoms with Crippen LogP contribution in [0.1, 0.15) is 32.6 Å². The van der Waals surface area contributed by atoms with E-state index in [1.54, 1.807) is 12.4 Å². The van der Waals surface area contributed by atoms with Gasteiger partial charge in [0.15, 0.2) is 0 Å². The van der Waals surface area contributed by atoms with Gasteiger partial charge >= 0.3 is 0 Å². The van der Waals surface area contributed by atoms with Crippen molar-refractivity contribution in [3.8, 4) is 0 Å². The molecule has 1 aromatic rings. The predicted molar refractivity (Wildman–Crippen MR) is 72.0 cm³/mol. The average molecular weight is 247 g/mol. The molecule has 0 aromatic carbocycles. The summed E-state index contributed by atoms with van der Waals surface area (Å²) in [7, 11) is 0. The molecular weight excluding hydrogens is 226 g/mol. The second kappa shape index (κ2) is 5.85. The number of nitrogens with zero attached hydrogens (tertiary/aromatic N) is 1. The number of aromatic nitrogens is 1. The molecule has 1 atom stereocenters. The third kappa shape index (κ3) is 3.22. The van der Waals surface area contributed by atoms with Crippen LogP contribution in [-0.2, 0) is 4.79 Å². The van der Waals surface area contributed by atoms with E-state index in [4.69, 9.17) is 5.73 Å². The molecule has 1 aliphatic rings. The van der Waals surface area contributed by atoms with Crippen LogP contribution in [0.15, 0.2) is 24.5 Å². The quantitative estimate of drug-likeness (QED) is 0.856. The first-order chi connectivity index (χ1) is 8.66. The zero-order valence-corrected chi connectivity index (χ0v) is 10.8. The average Bonchev–Trinajstić information content (AvgIpc) is 2.40. The van der Waals surface area contributed by atoms with Crippen LogP contribution >= 0.6 is 0 Å². The molecule has 4 heteroatoms. The number of carbonyl (C=O) groups excluding carboxylic acids is 1. The van der Waals surface area contributed by atoms with Gasteiger partial charge in [-0.3, -0.25) is 9.78 Å². The van der Waals surface area contributed by atoms with Gasteiger partial charge in [0.05, 0.1) is 0 Å². The van der Waals surface area contributed by atoms with Crippen LogP contribution in [0.4, 0.5) is 5.69 Å². The summed E-state index contributed by atoms with van der Waals surface area (Å²) in [5.41, 5.74) is 6.46. The second-order valence-corrected chi connectivity index (χ2v) is 5.18. The SMILES string of the molecule is CC(Nc1ccncc1)C1CCC(C(N)=O)CC1. The lowest BCUT2D eigenvalue weighted by atomic mass is 9.78. The van der Waals surface area contributed by atoms with Gasteiger partial charge in [-0.2, -0.15) is 0 Å². The summed E-state index contributed by atoms with van der Waals surface area (Å²) < 4.78 is 0. The zero-order chi connectivity index (χ0) is 13.0.